The van der Waals surface area contributed by atoms with Gasteiger partial charge in [0.1, 0.15) is 17.5 Å². The summed E-state index contributed by atoms with van der Waals surface area (Å²) < 4.78 is 46.4. The highest BCUT2D eigenvalue weighted by molar-refractivity contribution is 6.32. The van der Waals surface area contributed by atoms with Crippen LogP contribution in [-0.4, -0.2) is 29.0 Å². The number of benzene rings is 1. The smallest absolute Gasteiger partial charge is 0.416 e. The number of halogens is 4. The van der Waals surface area contributed by atoms with Crippen LogP contribution in [0.3, 0.4) is 0 Å². The van der Waals surface area contributed by atoms with Crippen molar-refractivity contribution in [2.75, 3.05) is 18.0 Å². The van der Waals surface area contributed by atoms with Crippen LogP contribution in [-0.2, 0) is 13.2 Å². The number of hydrogen-bond donors (Lipinski definition) is 0. The van der Waals surface area contributed by atoms with Crippen LogP contribution in [0.4, 0.5) is 18.9 Å². The van der Waals surface area contributed by atoms with Crippen LogP contribution in [0.5, 0.6) is 5.75 Å². The molecule has 0 bridgehead atoms. The fraction of sp³-hybridized carbons (Fsp3) is 0.444. The molecular weight excluding hydrogens is 383 g/mol. The molecule has 9 heteroatoms. The monoisotopic (exact) mass is 401 g/mol. The quantitative estimate of drug-likeness (QED) is 0.784. The Labute approximate surface area is 159 Å². The molecule has 1 aromatic heterocycles. The van der Waals surface area contributed by atoms with Crippen molar-refractivity contribution in [2.45, 2.75) is 32.0 Å². The molecule has 146 valence electrons. The second-order valence-electron chi connectivity index (χ2n) is 6.50. The molecule has 0 aliphatic carbocycles. The van der Waals surface area contributed by atoms with Gasteiger partial charge in [0.05, 0.1) is 10.6 Å². The first-order valence-electron chi connectivity index (χ1n) is 8.48. The van der Waals surface area contributed by atoms with Crippen molar-refractivity contribution in [3.8, 4) is 5.75 Å². The van der Waals surface area contributed by atoms with Crippen molar-refractivity contribution in [1.82, 2.24) is 9.78 Å². The number of alkyl halides is 3. The first-order chi connectivity index (χ1) is 12.7. The highest BCUT2D eigenvalue weighted by Crippen LogP contribution is 2.40. The summed E-state index contributed by atoms with van der Waals surface area (Å²) in [5.74, 6) is 0.0739. The number of rotatable bonds is 3. The van der Waals surface area contributed by atoms with Crippen LogP contribution >= 0.6 is 11.6 Å². The molecule has 27 heavy (non-hydrogen) atoms. The first-order valence-corrected chi connectivity index (χ1v) is 8.86. The van der Waals surface area contributed by atoms with Gasteiger partial charge in [-0.05, 0) is 25.1 Å². The average molecular weight is 402 g/mol. The number of aromatic nitrogens is 2. The van der Waals surface area contributed by atoms with Crippen molar-refractivity contribution >= 4 is 17.3 Å². The molecule has 0 radical (unpaired) electrons. The van der Waals surface area contributed by atoms with Gasteiger partial charge in [0, 0.05) is 44.7 Å². The van der Waals surface area contributed by atoms with E-state index in [0.717, 1.165) is 6.07 Å². The number of ether oxygens (including phenoxy) is 1. The van der Waals surface area contributed by atoms with E-state index in [2.05, 4.69) is 5.10 Å². The Morgan fingerprint density at radius 1 is 1.22 bits per heavy atom. The third-order valence-electron chi connectivity index (χ3n) is 4.72. The molecular formula is C18H19ClF3N3O2. The van der Waals surface area contributed by atoms with Crippen LogP contribution in [0.2, 0.25) is 5.02 Å². The molecule has 0 atom stereocenters. The fourth-order valence-electron chi connectivity index (χ4n) is 3.23. The van der Waals surface area contributed by atoms with Gasteiger partial charge in [-0.2, -0.15) is 18.3 Å². The third-order valence-corrected chi connectivity index (χ3v) is 5.01. The Bertz CT molecular complexity index is 890. The normalized spacial score (nSPS) is 15.9. The molecule has 0 unspecified atom stereocenters. The van der Waals surface area contributed by atoms with E-state index in [-0.39, 0.29) is 28.0 Å². The van der Waals surface area contributed by atoms with Crippen molar-refractivity contribution in [1.29, 1.82) is 0 Å². The maximum Gasteiger partial charge on any atom is 0.416 e. The predicted octanol–water partition coefficient (Wildman–Crippen LogP) is 3.81. The number of anilines is 1. The SMILES string of the molecule is Cc1c(C(F)(F)F)ccc(Cl)c1OC1CCN(c2ccnn(C)c2=O)CC1. The summed E-state index contributed by atoms with van der Waals surface area (Å²) in [4.78, 5) is 14.1. The molecule has 2 aromatic rings. The van der Waals surface area contributed by atoms with E-state index >= 15 is 0 Å². The summed E-state index contributed by atoms with van der Waals surface area (Å²) in [5, 5.41) is 4.06. The van der Waals surface area contributed by atoms with Gasteiger partial charge in [0.15, 0.2) is 0 Å². The Balaban J connectivity index is 1.73. The summed E-state index contributed by atoms with van der Waals surface area (Å²) in [7, 11) is 1.58. The maximum atomic E-state index is 13.1. The second kappa shape index (κ2) is 7.42. The number of nitrogens with zero attached hydrogens (tertiary/aromatic N) is 3. The van der Waals surface area contributed by atoms with E-state index in [4.69, 9.17) is 16.3 Å². The van der Waals surface area contributed by atoms with E-state index in [0.29, 0.717) is 31.6 Å². The zero-order chi connectivity index (χ0) is 19.8. The molecule has 0 N–H and O–H groups in total. The summed E-state index contributed by atoms with van der Waals surface area (Å²) in [6, 6.07) is 3.84. The van der Waals surface area contributed by atoms with Crippen molar-refractivity contribution < 1.29 is 17.9 Å². The van der Waals surface area contributed by atoms with E-state index < -0.39 is 11.7 Å². The molecule has 0 amide bonds. The molecule has 1 fully saturated rings. The van der Waals surface area contributed by atoms with Gasteiger partial charge in [0.2, 0.25) is 0 Å². The van der Waals surface area contributed by atoms with Gasteiger partial charge in [-0.1, -0.05) is 11.6 Å². The van der Waals surface area contributed by atoms with Crippen molar-refractivity contribution in [3.05, 3.63) is 50.9 Å². The van der Waals surface area contributed by atoms with Crippen LogP contribution in [0, 0.1) is 6.92 Å². The van der Waals surface area contributed by atoms with E-state index in [1.54, 1.807) is 19.3 Å². The lowest BCUT2D eigenvalue weighted by atomic mass is 10.1. The predicted molar refractivity (Wildman–Crippen MR) is 96.5 cm³/mol. The molecule has 1 saturated heterocycles. The summed E-state index contributed by atoms with van der Waals surface area (Å²) >= 11 is 6.08. The summed E-state index contributed by atoms with van der Waals surface area (Å²) in [6.07, 6.45) is -2.04. The molecule has 5 nitrogen and oxygen atoms in total. The fourth-order valence-corrected chi connectivity index (χ4v) is 3.47. The van der Waals surface area contributed by atoms with Crippen LogP contribution < -0.4 is 15.2 Å². The molecule has 0 spiro atoms. The molecule has 1 aliphatic heterocycles. The Morgan fingerprint density at radius 2 is 1.89 bits per heavy atom. The lowest BCUT2D eigenvalue weighted by Gasteiger charge is -2.33. The minimum absolute atomic E-state index is 0.0135. The topological polar surface area (TPSA) is 47.4 Å². The maximum absolute atomic E-state index is 13.1. The minimum Gasteiger partial charge on any atom is -0.488 e. The van der Waals surface area contributed by atoms with Gasteiger partial charge >= 0.3 is 6.18 Å². The van der Waals surface area contributed by atoms with Crippen LogP contribution in [0.15, 0.2) is 29.2 Å². The average Bonchev–Trinajstić information content (AvgIpc) is 2.60. The van der Waals surface area contributed by atoms with Gasteiger partial charge in [-0.15, -0.1) is 0 Å². The second-order valence-corrected chi connectivity index (χ2v) is 6.90. The zero-order valence-corrected chi connectivity index (χ0v) is 15.6. The molecule has 3 rings (SSSR count). The molecule has 1 aliphatic rings. The van der Waals surface area contributed by atoms with Crippen LogP contribution in [0.25, 0.3) is 0 Å². The zero-order valence-electron chi connectivity index (χ0n) is 14.9. The Kier molecular flexibility index (Phi) is 5.37. The lowest BCUT2D eigenvalue weighted by Crippen LogP contribution is -2.41. The molecule has 0 saturated carbocycles. The largest absolute Gasteiger partial charge is 0.488 e. The number of hydrogen-bond acceptors (Lipinski definition) is 4. The minimum atomic E-state index is -4.46. The number of aryl methyl sites for hydroxylation is 1. The van der Waals surface area contributed by atoms with Gasteiger partial charge in [-0.3, -0.25) is 4.79 Å². The van der Waals surface area contributed by atoms with Crippen molar-refractivity contribution in [3.63, 3.8) is 0 Å². The van der Waals surface area contributed by atoms with Gasteiger partial charge < -0.3 is 9.64 Å². The Morgan fingerprint density at radius 3 is 2.52 bits per heavy atom. The third kappa shape index (κ3) is 4.05. The first kappa shape index (κ1) is 19.5. The van der Waals surface area contributed by atoms with E-state index in [1.807, 2.05) is 4.90 Å². The Hall–Kier alpha value is -2.22. The van der Waals surface area contributed by atoms with E-state index in [1.165, 1.54) is 17.7 Å². The standard InChI is InChI=1S/C18H19ClF3N3O2/c1-11-13(18(20,21)22)3-4-14(19)16(11)27-12-6-9-25(10-7-12)15-5-8-23-24(2)17(15)26/h3-5,8,12H,6-7,9-10H2,1-2H3. The molecule has 1 aromatic carbocycles. The summed E-state index contributed by atoms with van der Waals surface area (Å²) in [5.41, 5.74) is -0.395. The number of piperidine rings is 1. The van der Waals surface area contributed by atoms with Crippen molar-refractivity contribution in [2.24, 2.45) is 7.05 Å². The highest BCUT2D eigenvalue weighted by atomic mass is 35.5. The highest BCUT2D eigenvalue weighted by Gasteiger charge is 2.34. The van der Waals surface area contributed by atoms with Gasteiger partial charge in [0.25, 0.3) is 5.56 Å². The lowest BCUT2D eigenvalue weighted by molar-refractivity contribution is -0.138. The van der Waals surface area contributed by atoms with E-state index in [9.17, 15) is 18.0 Å². The van der Waals surface area contributed by atoms with Gasteiger partial charge in [-0.25, -0.2) is 4.68 Å². The van der Waals surface area contributed by atoms with Crippen LogP contribution in [0.1, 0.15) is 24.0 Å². The molecule has 2 heterocycles. The summed E-state index contributed by atoms with van der Waals surface area (Å²) in [6.45, 7) is 2.47.